The lowest BCUT2D eigenvalue weighted by Crippen LogP contribution is -2.20. The molecule has 0 saturated carbocycles. The van der Waals surface area contributed by atoms with Crippen LogP contribution in [0.2, 0.25) is 5.02 Å². The number of sulfone groups is 1. The number of nitrogens with zero attached hydrogens (tertiary/aromatic N) is 3. The molecule has 0 aliphatic heterocycles. The number of aromatic nitrogens is 3. The largest absolute Gasteiger partial charge is 0.302 e. The second-order valence-electron chi connectivity index (χ2n) is 9.39. The van der Waals surface area contributed by atoms with Gasteiger partial charge in [0, 0.05) is 5.02 Å². The normalized spacial score (nSPS) is 12.9. The molecule has 206 valence electrons. The second-order valence-corrected chi connectivity index (χ2v) is 13.4. The zero-order valence-electron chi connectivity index (χ0n) is 21.6. The number of fused-ring (bicyclic) bond motifs is 2. The maximum absolute atomic E-state index is 14.3. The molecule has 4 aromatic carbocycles. The lowest BCUT2D eigenvalue weighted by atomic mass is 10.1. The molecule has 8 nitrogen and oxygen atoms in total. The standard InChI is InChI=1S/C30H23ClN4O4S2/c1-20(21-10-4-2-5-11-21)35-29-27(32-25-14-8-9-15-26(25)33-29)28(40(36,37)23-12-6-3-7-13-23)30(35)34-41(38,39)24-18-16-22(31)17-19-24/h2-20,34H,1H3/t20-/m1/s1. The number of benzene rings is 4. The average Bonchev–Trinajstić information content (AvgIpc) is 3.29. The zero-order valence-corrected chi connectivity index (χ0v) is 24.0. The molecular weight excluding hydrogens is 580 g/mol. The lowest BCUT2D eigenvalue weighted by Gasteiger charge is -2.20. The summed E-state index contributed by atoms with van der Waals surface area (Å²) in [6.07, 6.45) is 0. The van der Waals surface area contributed by atoms with E-state index in [4.69, 9.17) is 21.6 Å². The van der Waals surface area contributed by atoms with Crippen molar-refractivity contribution in [3.8, 4) is 0 Å². The third kappa shape index (κ3) is 4.84. The number of hydrogen-bond acceptors (Lipinski definition) is 6. The molecule has 0 amide bonds. The lowest BCUT2D eigenvalue weighted by molar-refractivity contribution is 0.595. The van der Waals surface area contributed by atoms with E-state index in [-0.39, 0.29) is 31.7 Å². The first-order valence-corrected chi connectivity index (χ1v) is 16.0. The molecule has 2 heterocycles. The number of sulfonamides is 1. The molecule has 0 fully saturated rings. The summed E-state index contributed by atoms with van der Waals surface area (Å²) in [6.45, 7) is 1.85. The van der Waals surface area contributed by atoms with Crippen molar-refractivity contribution < 1.29 is 16.8 Å². The Balaban J connectivity index is 1.73. The third-order valence-corrected chi connectivity index (χ3v) is 10.2. The summed E-state index contributed by atoms with van der Waals surface area (Å²) in [5, 5.41) is 0.364. The Morgan fingerprint density at radius 2 is 1.27 bits per heavy atom. The molecule has 41 heavy (non-hydrogen) atoms. The first kappa shape index (κ1) is 26.9. The van der Waals surface area contributed by atoms with Crippen LogP contribution in [0.4, 0.5) is 5.82 Å². The Morgan fingerprint density at radius 1 is 0.707 bits per heavy atom. The number of para-hydroxylation sites is 2. The van der Waals surface area contributed by atoms with Crippen LogP contribution >= 0.6 is 11.6 Å². The third-order valence-electron chi connectivity index (χ3n) is 6.80. The smallest absolute Gasteiger partial charge is 0.263 e. The van der Waals surface area contributed by atoms with Crippen LogP contribution < -0.4 is 4.72 Å². The van der Waals surface area contributed by atoms with Crippen molar-refractivity contribution in [3.05, 3.63) is 120 Å². The highest BCUT2D eigenvalue weighted by Gasteiger charge is 2.35. The second kappa shape index (κ2) is 10.3. The first-order valence-electron chi connectivity index (χ1n) is 12.6. The van der Waals surface area contributed by atoms with E-state index in [1.54, 1.807) is 41.0 Å². The van der Waals surface area contributed by atoms with Crippen LogP contribution in [0.3, 0.4) is 0 Å². The summed E-state index contributed by atoms with van der Waals surface area (Å²) >= 11 is 6.00. The molecule has 0 aliphatic rings. The van der Waals surface area contributed by atoms with Crippen molar-refractivity contribution in [2.75, 3.05) is 4.72 Å². The van der Waals surface area contributed by atoms with E-state index < -0.39 is 25.9 Å². The minimum atomic E-state index is -4.29. The average molecular weight is 603 g/mol. The quantitative estimate of drug-likeness (QED) is 0.224. The fourth-order valence-corrected chi connectivity index (χ4v) is 7.57. The Morgan fingerprint density at radius 3 is 1.90 bits per heavy atom. The van der Waals surface area contributed by atoms with E-state index >= 15 is 0 Å². The van der Waals surface area contributed by atoms with E-state index in [0.29, 0.717) is 16.1 Å². The van der Waals surface area contributed by atoms with Gasteiger partial charge in [-0.2, -0.15) is 0 Å². The van der Waals surface area contributed by atoms with E-state index in [1.807, 2.05) is 43.3 Å². The molecule has 6 rings (SSSR count). The zero-order chi connectivity index (χ0) is 28.8. The molecule has 0 aliphatic carbocycles. The topological polar surface area (TPSA) is 111 Å². The van der Waals surface area contributed by atoms with Gasteiger partial charge in [-0.1, -0.05) is 72.3 Å². The van der Waals surface area contributed by atoms with Gasteiger partial charge < -0.3 is 4.57 Å². The van der Waals surface area contributed by atoms with Crippen LogP contribution in [0, 0.1) is 0 Å². The fraction of sp³-hybridized carbons (Fsp3) is 0.0667. The van der Waals surface area contributed by atoms with Gasteiger partial charge in [0.2, 0.25) is 9.84 Å². The molecule has 1 N–H and O–H groups in total. The number of halogens is 1. The van der Waals surface area contributed by atoms with E-state index in [0.717, 1.165) is 5.56 Å². The number of anilines is 1. The summed E-state index contributed by atoms with van der Waals surface area (Å²) < 4.78 is 60.3. The number of hydrogen-bond donors (Lipinski definition) is 1. The molecule has 11 heteroatoms. The molecule has 0 spiro atoms. The van der Waals surface area contributed by atoms with Gasteiger partial charge in [-0.05, 0) is 61.0 Å². The van der Waals surface area contributed by atoms with Crippen LogP contribution in [0.1, 0.15) is 18.5 Å². The number of nitrogens with one attached hydrogen (secondary N) is 1. The van der Waals surface area contributed by atoms with Gasteiger partial charge in [-0.15, -0.1) is 0 Å². The Kier molecular flexibility index (Phi) is 6.77. The van der Waals surface area contributed by atoms with E-state index in [2.05, 4.69) is 4.72 Å². The highest BCUT2D eigenvalue weighted by atomic mass is 35.5. The van der Waals surface area contributed by atoms with E-state index in [9.17, 15) is 16.8 Å². The minimum absolute atomic E-state index is 0.00619. The van der Waals surface area contributed by atoms with Crippen molar-refractivity contribution in [1.29, 1.82) is 0 Å². The van der Waals surface area contributed by atoms with Gasteiger partial charge in [0.25, 0.3) is 10.0 Å². The molecule has 2 aromatic heterocycles. The monoisotopic (exact) mass is 602 g/mol. The Labute approximate surface area is 242 Å². The summed E-state index contributed by atoms with van der Waals surface area (Å²) in [5.74, 6) is -0.162. The van der Waals surface area contributed by atoms with Crippen LogP contribution in [-0.2, 0) is 19.9 Å². The molecule has 6 aromatic rings. The summed E-state index contributed by atoms with van der Waals surface area (Å²) in [5.41, 5.74) is 2.11. The predicted molar refractivity (Wildman–Crippen MR) is 159 cm³/mol. The molecule has 0 radical (unpaired) electrons. The molecule has 1 atom stereocenters. The van der Waals surface area contributed by atoms with E-state index in [1.165, 1.54) is 36.4 Å². The van der Waals surface area contributed by atoms with Crippen LogP contribution in [0.15, 0.2) is 124 Å². The van der Waals surface area contributed by atoms with Gasteiger partial charge in [-0.3, -0.25) is 4.72 Å². The SMILES string of the molecule is C[C@H](c1ccccc1)n1c(NS(=O)(=O)c2ccc(Cl)cc2)c(S(=O)(=O)c2ccccc2)c2nc3ccccc3nc21. The molecule has 0 bridgehead atoms. The highest BCUT2D eigenvalue weighted by molar-refractivity contribution is 7.93. The first-order chi connectivity index (χ1) is 19.7. The maximum atomic E-state index is 14.3. The van der Waals surface area contributed by atoms with Gasteiger partial charge >= 0.3 is 0 Å². The van der Waals surface area contributed by atoms with Gasteiger partial charge in [0.15, 0.2) is 5.65 Å². The fourth-order valence-electron chi connectivity index (χ4n) is 4.76. The van der Waals surface area contributed by atoms with Crippen molar-refractivity contribution in [1.82, 2.24) is 14.5 Å². The van der Waals surface area contributed by atoms with Crippen molar-refractivity contribution in [2.24, 2.45) is 0 Å². The van der Waals surface area contributed by atoms with Crippen LogP contribution in [-0.4, -0.2) is 31.4 Å². The van der Waals surface area contributed by atoms with Crippen LogP contribution in [0.5, 0.6) is 0 Å². The predicted octanol–water partition coefficient (Wildman–Crippen LogP) is 6.48. The molecule has 0 saturated heterocycles. The van der Waals surface area contributed by atoms with Crippen molar-refractivity contribution in [3.63, 3.8) is 0 Å². The Hall–Kier alpha value is -4.25. The van der Waals surface area contributed by atoms with Gasteiger partial charge in [0.1, 0.15) is 16.2 Å². The highest BCUT2D eigenvalue weighted by Crippen LogP contribution is 2.41. The van der Waals surface area contributed by atoms with Crippen molar-refractivity contribution in [2.45, 2.75) is 27.7 Å². The number of rotatable bonds is 7. The summed E-state index contributed by atoms with van der Waals surface area (Å²) in [4.78, 5) is 9.17. The van der Waals surface area contributed by atoms with Crippen molar-refractivity contribution >= 4 is 59.5 Å². The van der Waals surface area contributed by atoms with Gasteiger partial charge in [0.05, 0.1) is 26.9 Å². The summed E-state index contributed by atoms with van der Waals surface area (Å²) in [6, 6.07) is 29.4. The minimum Gasteiger partial charge on any atom is -0.302 e. The molecular formula is C30H23ClN4O4S2. The summed E-state index contributed by atoms with van der Waals surface area (Å²) in [7, 11) is -8.57. The molecule has 0 unspecified atom stereocenters. The van der Waals surface area contributed by atoms with Crippen LogP contribution in [0.25, 0.3) is 22.2 Å². The van der Waals surface area contributed by atoms with Gasteiger partial charge in [-0.25, -0.2) is 26.8 Å². The Bertz CT molecular complexity index is 2120. The maximum Gasteiger partial charge on any atom is 0.263 e.